The van der Waals surface area contributed by atoms with Crippen LogP contribution in [0.3, 0.4) is 0 Å². The molecule has 112 valence electrons. The zero-order valence-electron chi connectivity index (χ0n) is 12.1. The lowest BCUT2D eigenvalue weighted by atomic mass is 10.1. The summed E-state index contributed by atoms with van der Waals surface area (Å²) in [5.41, 5.74) is 7.73. The molecule has 4 nitrogen and oxygen atoms in total. The topological polar surface area (TPSA) is 72.2 Å². The van der Waals surface area contributed by atoms with E-state index in [0.717, 1.165) is 10.9 Å². The number of nitrogens with one attached hydrogen (secondary N) is 1. The number of sulfonamides is 1. The third-order valence-electron chi connectivity index (χ3n) is 3.55. The lowest BCUT2D eigenvalue weighted by Crippen LogP contribution is -2.13. The molecule has 0 saturated heterocycles. The molecule has 0 atom stereocenters. The fourth-order valence-corrected chi connectivity index (χ4v) is 3.69. The van der Waals surface area contributed by atoms with Gasteiger partial charge in [-0.25, -0.2) is 8.42 Å². The highest BCUT2D eigenvalue weighted by molar-refractivity contribution is 7.93. The Kier molecular flexibility index (Phi) is 3.50. The second kappa shape index (κ2) is 5.35. The van der Waals surface area contributed by atoms with E-state index in [1.54, 1.807) is 30.3 Å². The highest BCUT2D eigenvalue weighted by Crippen LogP contribution is 2.27. The van der Waals surface area contributed by atoms with Crippen molar-refractivity contribution in [1.82, 2.24) is 0 Å². The molecule has 0 spiro atoms. The van der Waals surface area contributed by atoms with Crippen LogP contribution in [0, 0.1) is 6.92 Å². The normalized spacial score (nSPS) is 11.5. The van der Waals surface area contributed by atoms with Gasteiger partial charge in [-0.1, -0.05) is 30.3 Å². The molecule has 0 amide bonds. The first-order valence-electron chi connectivity index (χ1n) is 6.84. The maximum atomic E-state index is 12.7. The standard InChI is InChI=1S/C17H16N2O2S/c1-12-6-11-17(16-5-3-2-4-15(12)16)22(20,21)19-14-9-7-13(18)8-10-14/h2-11,19H,18H2,1H3. The van der Waals surface area contributed by atoms with Crippen molar-refractivity contribution >= 4 is 32.2 Å². The number of anilines is 2. The van der Waals surface area contributed by atoms with Gasteiger partial charge in [-0.05, 0) is 48.2 Å². The molecule has 22 heavy (non-hydrogen) atoms. The van der Waals surface area contributed by atoms with Crippen LogP contribution in [0.15, 0.2) is 65.6 Å². The van der Waals surface area contributed by atoms with Gasteiger partial charge in [-0.3, -0.25) is 4.72 Å². The van der Waals surface area contributed by atoms with E-state index < -0.39 is 10.0 Å². The first-order valence-corrected chi connectivity index (χ1v) is 8.32. The van der Waals surface area contributed by atoms with Gasteiger partial charge in [0.2, 0.25) is 0 Å². The SMILES string of the molecule is Cc1ccc(S(=O)(=O)Nc2ccc(N)cc2)c2ccccc12. The number of benzene rings is 3. The van der Waals surface area contributed by atoms with Crippen LogP contribution >= 0.6 is 0 Å². The molecule has 0 aromatic heterocycles. The van der Waals surface area contributed by atoms with E-state index in [1.807, 2.05) is 37.3 Å². The Morgan fingerprint density at radius 2 is 1.50 bits per heavy atom. The molecule has 0 bridgehead atoms. The number of aryl methyl sites for hydroxylation is 1. The van der Waals surface area contributed by atoms with E-state index in [4.69, 9.17) is 5.73 Å². The minimum Gasteiger partial charge on any atom is -0.399 e. The monoisotopic (exact) mass is 312 g/mol. The van der Waals surface area contributed by atoms with E-state index in [0.29, 0.717) is 16.8 Å². The van der Waals surface area contributed by atoms with Gasteiger partial charge in [0.15, 0.2) is 0 Å². The van der Waals surface area contributed by atoms with Crippen molar-refractivity contribution in [3.63, 3.8) is 0 Å². The van der Waals surface area contributed by atoms with Crippen LogP contribution in [0.5, 0.6) is 0 Å². The van der Waals surface area contributed by atoms with Crippen molar-refractivity contribution < 1.29 is 8.42 Å². The van der Waals surface area contributed by atoms with E-state index in [-0.39, 0.29) is 4.90 Å². The van der Waals surface area contributed by atoms with Gasteiger partial charge in [0.25, 0.3) is 10.0 Å². The first kappa shape index (κ1) is 14.4. The predicted octanol–water partition coefficient (Wildman–Crippen LogP) is 3.53. The average Bonchev–Trinajstić information content (AvgIpc) is 2.50. The molecule has 0 fully saturated rings. The quantitative estimate of drug-likeness (QED) is 0.727. The third-order valence-corrected chi connectivity index (χ3v) is 4.99. The fourth-order valence-electron chi connectivity index (χ4n) is 2.42. The Labute approximate surface area is 129 Å². The van der Waals surface area contributed by atoms with Gasteiger partial charge >= 0.3 is 0 Å². The maximum Gasteiger partial charge on any atom is 0.262 e. The van der Waals surface area contributed by atoms with Gasteiger partial charge in [0.05, 0.1) is 4.90 Å². The van der Waals surface area contributed by atoms with Crippen molar-refractivity contribution in [2.24, 2.45) is 0 Å². The van der Waals surface area contributed by atoms with Crippen LogP contribution in [-0.2, 0) is 10.0 Å². The van der Waals surface area contributed by atoms with Crippen LogP contribution in [0.25, 0.3) is 10.8 Å². The second-order valence-electron chi connectivity index (χ2n) is 5.15. The summed E-state index contributed by atoms with van der Waals surface area (Å²) in [5.74, 6) is 0. The molecule has 3 rings (SSSR count). The van der Waals surface area contributed by atoms with Crippen LogP contribution in [-0.4, -0.2) is 8.42 Å². The number of fused-ring (bicyclic) bond motifs is 1. The minimum atomic E-state index is -3.66. The van der Waals surface area contributed by atoms with Crippen molar-refractivity contribution in [3.8, 4) is 0 Å². The molecule has 0 radical (unpaired) electrons. The molecular weight excluding hydrogens is 296 g/mol. The van der Waals surface area contributed by atoms with Crippen molar-refractivity contribution in [2.45, 2.75) is 11.8 Å². The molecule has 0 aliphatic heterocycles. The smallest absolute Gasteiger partial charge is 0.262 e. The summed E-state index contributed by atoms with van der Waals surface area (Å²) in [6.07, 6.45) is 0. The number of hydrogen-bond acceptors (Lipinski definition) is 3. The van der Waals surface area contributed by atoms with Gasteiger partial charge in [0.1, 0.15) is 0 Å². The van der Waals surface area contributed by atoms with Crippen LogP contribution in [0.1, 0.15) is 5.56 Å². The number of nitrogen functional groups attached to an aromatic ring is 1. The largest absolute Gasteiger partial charge is 0.399 e. The third kappa shape index (κ3) is 2.63. The molecule has 0 unspecified atom stereocenters. The summed E-state index contributed by atoms with van der Waals surface area (Å²) in [5, 5.41) is 1.65. The van der Waals surface area contributed by atoms with Gasteiger partial charge in [-0.15, -0.1) is 0 Å². The Morgan fingerprint density at radius 3 is 2.18 bits per heavy atom. The molecule has 3 aromatic rings. The van der Waals surface area contributed by atoms with Crippen LogP contribution in [0.4, 0.5) is 11.4 Å². The van der Waals surface area contributed by atoms with Gasteiger partial charge in [-0.2, -0.15) is 0 Å². The lowest BCUT2D eigenvalue weighted by molar-refractivity contribution is 0.602. The number of hydrogen-bond donors (Lipinski definition) is 2. The Hall–Kier alpha value is -2.53. The molecule has 3 aromatic carbocycles. The van der Waals surface area contributed by atoms with Gasteiger partial charge in [0, 0.05) is 16.8 Å². The fraction of sp³-hybridized carbons (Fsp3) is 0.0588. The zero-order valence-corrected chi connectivity index (χ0v) is 12.9. The molecular formula is C17H16N2O2S. The molecule has 0 aliphatic rings. The molecule has 5 heteroatoms. The molecule has 3 N–H and O–H groups in total. The Bertz CT molecular complexity index is 933. The van der Waals surface area contributed by atoms with Crippen LogP contribution < -0.4 is 10.5 Å². The highest BCUT2D eigenvalue weighted by Gasteiger charge is 2.18. The lowest BCUT2D eigenvalue weighted by Gasteiger charge is -2.12. The van der Waals surface area contributed by atoms with Crippen molar-refractivity contribution in [2.75, 3.05) is 10.5 Å². The van der Waals surface area contributed by atoms with E-state index >= 15 is 0 Å². The number of rotatable bonds is 3. The summed E-state index contributed by atoms with van der Waals surface area (Å²) in [7, 11) is -3.66. The summed E-state index contributed by atoms with van der Waals surface area (Å²) < 4.78 is 27.9. The van der Waals surface area contributed by atoms with Crippen LogP contribution in [0.2, 0.25) is 0 Å². The number of nitrogens with two attached hydrogens (primary N) is 1. The summed E-state index contributed by atoms with van der Waals surface area (Å²) >= 11 is 0. The highest BCUT2D eigenvalue weighted by atomic mass is 32.2. The van der Waals surface area contributed by atoms with E-state index in [2.05, 4.69) is 4.72 Å². The Balaban J connectivity index is 2.10. The Morgan fingerprint density at radius 1 is 0.864 bits per heavy atom. The molecule has 0 saturated carbocycles. The second-order valence-corrected chi connectivity index (χ2v) is 6.80. The predicted molar refractivity (Wildman–Crippen MR) is 90.3 cm³/mol. The summed E-state index contributed by atoms with van der Waals surface area (Å²) in [6.45, 7) is 1.96. The van der Waals surface area contributed by atoms with E-state index in [9.17, 15) is 8.42 Å². The molecule has 0 heterocycles. The van der Waals surface area contributed by atoms with E-state index in [1.165, 1.54) is 0 Å². The average molecular weight is 312 g/mol. The van der Waals surface area contributed by atoms with Crippen molar-refractivity contribution in [3.05, 3.63) is 66.2 Å². The minimum absolute atomic E-state index is 0.269. The first-order chi connectivity index (χ1) is 10.5. The molecule has 0 aliphatic carbocycles. The summed E-state index contributed by atoms with van der Waals surface area (Å²) in [6, 6.07) is 17.5. The zero-order chi connectivity index (χ0) is 15.7. The maximum absolute atomic E-state index is 12.7. The summed E-state index contributed by atoms with van der Waals surface area (Å²) in [4.78, 5) is 0.269. The van der Waals surface area contributed by atoms with Crippen molar-refractivity contribution in [1.29, 1.82) is 0 Å². The van der Waals surface area contributed by atoms with Gasteiger partial charge < -0.3 is 5.73 Å².